The summed E-state index contributed by atoms with van der Waals surface area (Å²) in [6.45, 7) is 9.07. The molecule has 0 radical (unpaired) electrons. The monoisotopic (exact) mass is 632 g/mol. The van der Waals surface area contributed by atoms with E-state index in [9.17, 15) is 19.8 Å². The number of rotatable bonds is 14. The predicted molar refractivity (Wildman–Crippen MR) is 180 cm³/mol. The minimum absolute atomic E-state index is 0.00915. The quantitative estimate of drug-likeness (QED) is 0.222. The number of aryl methyl sites for hydroxylation is 1. The van der Waals surface area contributed by atoms with Crippen LogP contribution in [0.1, 0.15) is 37.8 Å². The van der Waals surface area contributed by atoms with Crippen LogP contribution in [-0.2, 0) is 27.3 Å². The molecule has 4 rings (SSSR count). The molecule has 0 aromatic heterocycles. The van der Waals surface area contributed by atoms with Crippen LogP contribution in [0, 0.1) is 5.92 Å². The number of ether oxygens (including phenoxy) is 2. The molecule has 1 fully saturated rings. The van der Waals surface area contributed by atoms with Crippen molar-refractivity contribution < 1.29 is 29.3 Å². The Kier molecular flexibility index (Phi) is 12.0. The van der Waals surface area contributed by atoms with Crippen LogP contribution in [0.15, 0.2) is 78.9 Å². The summed E-state index contributed by atoms with van der Waals surface area (Å²) in [6.07, 6.45) is 0.534. The molecule has 45 heavy (non-hydrogen) atoms. The van der Waals surface area contributed by atoms with Gasteiger partial charge >= 0.3 is 0 Å². The van der Waals surface area contributed by atoms with E-state index in [0.717, 1.165) is 29.7 Å². The molecule has 0 spiro atoms. The largest absolute Gasteiger partial charge is 0.497 e. The van der Waals surface area contributed by atoms with Crippen molar-refractivity contribution in [2.45, 2.75) is 76.6 Å². The molecule has 0 aliphatic carbocycles. The minimum Gasteiger partial charge on any atom is -0.497 e. The maximum Gasteiger partial charge on any atom is 0.252 e. The Morgan fingerprint density at radius 1 is 0.978 bits per heavy atom. The molecule has 1 aliphatic heterocycles. The van der Waals surface area contributed by atoms with Crippen LogP contribution in [-0.4, -0.2) is 73.6 Å². The number of nitrogens with zero attached hydrogens (tertiary/aromatic N) is 1. The van der Waals surface area contributed by atoms with Crippen LogP contribution in [0.3, 0.4) is 0 Å². The molecule has 9 heteroatoms. The predicted octanol–water partition coefficient (Wildman–Crippen LogP) is 4.75. The third-order valence-electron chi connectivity index (χ3n) is 9.20. The number of anilines is 1. The molecule has 8 nitrogen and oxygen atoms in total. The number of hydrogen-bond donors (Lipinski definition) is 3. The number of carbonyl (C=O) groups is 2. The lowest BCUT2D eigenvalue weighted by Gasteiger charge is -2.36. The standard InChI is InChI=1S/C36H48N2O6Si/c1-25-32(20-13-27-11-14-29(15-12-27)37-36(42)26(2)40)44-33(35(25)45(4,5)31-18-16-30(43-3)17-19-31)23-34(41)38(21-22-39)24-28-9-7-6-8-10-28/h6-12,14-19,25-26,32-33,35,39-40H,13,20-24H2,1-5H3,(H,37,42)/t25-,26+,32+,33-,35+/m1/s1. The Morgan fingerprint density at radius 3 is 2.24 bits per heavy atom. The van der Waals surface area contributed by atoms with Gasteiger partial charge in [0.2, 0.25) is 5.91 Å². The van der Waals surface area contributed by atoms with E-state index in [1.165, 1.54) is 12.1 Å². The molecule has 3 aromatic rings. The Labute approximate surface area is 268 Å². The Morgan fingerprint density at radius 2 is 1.64 bits per heavy atom. The second-order valence-corrected chi connectivity index (χ2v) is 17.4. The fraction of sp³-hybridized carbons (Fsp3) is 0.444. The van der Waals surface area contributed by atoms with Crippen molar-refractivity contribution in [1.29, 1.82) is 0 Å². The third-order valence-corrected chi connectivity index (χ3v) is 13.6. The summed E-state index contributed by atoms with van der Waals surface area (Å²) in [7, 11) is -0.476. The molecule has 0 saturated carbocycles. The number of benzene rings is 3. The van der Waals surface area contributed by atoms with Crippen LogP contribution in [0.5, 0.6) is 5.75 Å². The van der Waals surface area contributed by atoms with Crippen LogP contribution < -0.4 is 15.2 Å². The van der Waals surface area contributed by atoms with E-state index in [0.29, 0.717) is 12.2 Å². The summed E-state index contributed by atoms with van der Waals surface area (Å²) in [6, 6.07) is 25.9. The first-order valence-corrected chi connectivity index (χ1v) is 18.9. The van der Waals surface area contributed by atoms with Gasteiger partial charge in [0, 0.05) is 18.8 Å². The number of aliphatic hydroxyl groups is 2. The zero-order valence-corrected chi connectivity index (χ0v) is 28.1. The normalized spacial score (nSPS) is 20.4. The molecule has 242 valence electrons. The molecule has 1 saturated heterocycles. The maximum atomic E-state index is 13.8. The van der Waals surface area contributed by atoms with Crippen molar-refractivity contribution in [1.82, 2.24) is 4.90 Å². The molecule has 1 heterocycles. The SMILES string of the molecule is COc1ccc([Si](C)(C)[C@H]2[C@H](C)[C@H](CCc3ccc(NC(=O)[C@H](C)O)cc3)O[C@@H]2CC(=O)N(CCO)Cc2ccccc2)cc1. The average Bonchev–Trinajstić information content (AvgIpc) is 3.35. The first-order valence-electron chi connectivity index (χ1n) is 15.8. The highest BCUT2D eigenvalue weighted by Crippen LogP contribution is 2.46. The summed E-state index contributed by atoms with van der Waals surface area (Å²) in [5, 5.41) is 23.3. The third kappa shape index (κ3) is 8.82. The molecule has 3 aromatic carbocycles. The minimum atomic E-state index is -2.15. The Hall–Kier alpha value is -3.50. The van der Waals surface area contributed by atoms with Crippen LogP contribution >= 0.6 is 0 Å². The van der Waals surface area contributed by atoms with Gasteiger partial charge < -0.3 is 29.9 Å². The highest BCUT2D eigenvalue weighted by atomic mass is 28.3. The van der Waals surface area contributed by atoms with Gasteiger partial charge in [-0.15, -0.1) is 0 Å². The number of methoxy groups -OCH3 is 1. The molecule has 5 atom stereocenters. The van der Waals surface area contributed by atoms with Crippen LogP contribution in [0.2, 0.25) is 18.6 Å². The van der Waals surface area contributed by atoms with Crippen LogP contribution in [0.4, 0.5) is 5.69 Å². The van der Waals surface area contributed by atoms with Crippen molar-refractivity contribution in [2.75, 3.05) is 25.6 Å². The topological polar surface area (TPSA) is 108 Å². The molecular formula is C36H48N2O6Si. The summed E-state index contributed by atoms with van der Waals surface area (Å²) in [4.78, 5) is 27.4. The van der Waals surface area contributed by atoms with Crippen molar-refractivity contribution in [3.8, 4) is 5.75 Å². The second-order valence-electron chi connectivity index (χ2n) is 12.7. The van der Waals surface area contributed by atoms with E-state index in [-0.39, 0.29) is 49.1 Å². The lowest BCUT2D eigenvalue weighted by Crippen LogP contribution is -2.51. The van der Waals surface area contributed by atoms with E-state index in [1.54, 1.807) is 12.0 Å². The van der Waals surface area contributed by atoms with Gasteiger partial charge in [-0.05, 0) is 66.6 Å². The first kappa shape index (κ1) is 34.4. The molecular weight excluding hydrogens is 584 g/mol. The molecule has 1 aliphatic rings. The summed E-state index contributed by atoms with van der Waals surface area (Å²) < 4.78 is 12.2. The van der Waals surface area contributed by atoms with E-state index in [4.69, 9.17) is 9.47 Å². The van der Waals surface area contributed by atoms with Gasteiger partial charge in [0.15, 0.2) is 0 Å². The summed E-state index contributed by atoms with van der Waals surface area (Å²) in [5.74, 6) is 0.607. The average molecular weight is 633 g/mol. The molecule has 0 unspecified atom stereocenters. The fourth-order valence-corrected chi connectivity index (χ4v) is 10.7. The van der Waals surface area contributed by atoms with Crippen molar-refractivity contribution in [3.63, 3.8) is 0 Å². The number of carbonyl (C=O) groups excluding carboxylic acids is 2. The van der Waals surface area contributed by atoms with Crippen molar-refractivity contribution in [2.24, 2.45) is 5.92 Å². The van der Waals surface area contributed by atoms with Crippen molar-refractivity contribution in [3.05, 3.63) is 90.0 Å². The van der Waals surface area contributed by atoms with Gasteiger partial charge in [-0.3, -0.25) is 9.59 Å². The first-order chi connectivity index (χ1) is 21.5. The van der Waals surface area contributed by atoms with Crippen molar-refractivity contribution >= 4 is 30.8 Å². The fourth-order valence-electron chi connectivity index (χ4n) is 6.67. The number of aliphatic hydroxyl groups excluding tert-OH is 2. The summed E-state index contributed by atoms with van der Waals surface area (Å²) >= 11 is 0. The smallest absolute Gasteiger partial charge is 0.252 e. The lowest BCUT2D eigenvalue weighted by molar-refractivity contribution is -0.135. The van der Waals surface area contributed by atoms with E-state index in [2.05, 4.69) is 37.5 Å². The van der Waals surface area contributed by atoms with Gasteiger partial charge in [0.25, 0.3) is 5.91 Å². The van der Waals surface area contributed by atoms with E-state index >= 15 is 0 Å². The van der Waals surface area contributed by atoms with E-state index < -0.39 is 20.1 Å². The van der Waals surface area contributed by atoms with Gasteiger partial charge in [-0.1, -0.05) is 79.8 Å². The molecule has 0 bridgehead atoms. The van der Waals surface area contributed by atoms with E-state index in [1.807, 2.05) is 66.7 Å². The van der Waals surface area contributed by atoms with Gasteiger partial charge in [0.1, 0.15) is 11.9 Å². The Bertz CT molecular complexity index is 1380. The zero-order valence-electron chi connectivity index (χ0n) is 27.1. The lowest BCUT2D eigenvalue weighted by atomic mass is 9.95. The van der Waals surface area contributed by atoms with Gasteiger partial charge in [-0.2, -0.15) is 0 Å². The van der Waals surface area contributed by atoms with Gasteiger partial charge in [0.05, 0.1) is 40.4 Å². The molecule has 2 amide bonds. The highest BCUT2D eigenvalue weighted by molar-refractivity contribution is 6.91. The number of hydrogen-bond acceptors (Lipinski definition) is 6. The zero-order chi connectivity index (χ0) is 32.6. The highest BCUT2D eigenvalue weighted by Gasteiger charge is 2.51. The number of nitrogens with one attached hydrogen (secondary N) is 1. The second kappa shape index (κ2) is 15.7. The maximum absolute atomic E-state index is 13.8. The Balaban J connectivity index is 1.53. The number of amides is 2. The molecule has 3 N–H and O–H groups in total. The van der Waals surface area contributed by atoms with Gasteiger partial charge in [-0.25, -0.2) is 0 Å². The van der Waals surface area contributed by atoms with Crippen LogP contribution in [0.25, 0.3) is 0 Å². The summed E-state index contributed by atoms with van der Waals surface area (Å²) in [5.41, 5.74) is 2.99.